The highest BCUT2D eigenvalue weighted by molar-refractivity contribution is 5.61. The van der Waals surface area contributed by atoms with Gasteiger partial charge in [-0.15, -0.1) is 0 Å². The Labute approximate surface area is 115 Å². The maximum atomic E-state index is 5.81. The molecule has 0 fully saturated rings. The van der Waals surface area contributed by atoms with Gasteiger partial charge in [0.25, 0.3) is 0 Å². The van der Waals surface area contributed by atoms with E-state index in [1.54, 1.807) is 0 Å². The summed E-state index contributed by atoms with van der Waals surface area (Å²) in [6, 6.07) is 12.4. The number of aromatic nitrogens is 1. The van der Waals surface area contributed by atoms with E-state index in [2.05, 4.69) is 37.0 Å². The van der Waals surface area contributed by atoms with Gasteiger partial charge in [0.2, 0.25) is 5.88 Å². The number of hydrogen-bond acceptors (Lipinski definition) is 2. The van der Waals surface area contributed by atoms with Gasteiger partial charge in [0.15, 0.2) is 0 Å². The Hall–Kier alpha value is -1.83. The van der Waals surface area contributed by atoms with Crippen LogP contribution in [0.25, 0.3) is 11.3 Å². The highest BCUT2D eigenvalue weighted by Crippen LogP contribution is 2.24. The molecule has 1 heterocycles. The molecule has 2 heteroatoms. The van der Waals surface area contributed by atoms with Crippen molar-refractivity contribution in [3.63, 3.8) is 0 Å². The van der Waals surface area contributed by atoms with Crippen LogP contribution in [0.15, 0.2) is 36.4 Å². The summed E-state index contributed by atoms with van der Waals surface area (Å²) in [5.41, 5.74) is 4.36. The maximum Gasteiger partial charge on any atom is 0.214 e. The lowest BCUT2D eigenvalue weighted by atomic mass is 10.0. The largest absolute Gasteiger partial charge is 0.472 e. The first kappa shape index (κ1) is 13.6. The fourth-order valence-electron chi connectivity index (χ4n) is 2.07. The van der Waals surface area contributed by atoms with Crippen LogP contribution in [0, 0.1) is 13.8 Å². The molecule has 0 aliphatic heterocycles. The number of nitrogens with zero attached hydrogens (tertiary/aromatic N) is 1. The molecule has 0 N–H and O–H groups in total. The maximum absolute atomic E-state index is 5.81. The smallest absolute Gasteiger partial charge is 0.214 e. The molecule has 2 nitrogen and oxygen atoms in total. The topological polar surface area (TPSA) is 22.1 Å². The summed E-state index contributed by atoms with van der Waals surface area (Å²) in [6.07, 6.45) is 0. The van der Waals surface area contributed by atoms with Gasteiger partial charge in [0.05, 0.1) is 5.69 Å². The molecule has 0 aliphatic rings. The molecule has 2 rings (SSSR count). The first-order chi connectivity index (χ1) is 8.83. The van der Waals surface area contributed by atoms with E-state index >= 15 is 0 Å². The van der Waals surface area contributed by atoms with E-state index < -0.39 is 0 Å². The van der Waals surface area contributed by atoms with Crippen molar-refractivity contribution in [1.29, 1.82) is 0 Å². The van der Waals surface area contributed by atoms with Gasteiger partial charge in [-0.05, 0) is 52.8 Å². The summed E-state index contributed by atoms with van der Waals surface area (Å²) in [5.74, 6) is 0.671. The summed E-state index contributed by atoms with van der Waals surface area (Å²) in [7, 11) is 0. The normalized spacial score (nSPS) is 11.4. The van der Waals surface area contributed by atoms with Crippen LogP contribution in [0.4, 0.5) is 0 Å². The second kappa shape index (κ2) is 5.04. The van der Waals surface area contributed by atoms with Crippen molar-refractivity contribution in [1.82, 2.24) is 4.98 Å². The quantitative estimate of drug-likeness (QED) is 0.785. The monoisotopic (exact) mass is 255 g/mol. The molecule has 0 saturated heterocycles. The van der Waals surface area contributed by atoms with Crippen molar-refractivity contribution < 1.29 is 4.74 Å². The lowest BCUT2D eigenvalue weighted by molar-refractivity contribution is 0.124. The zero-order valence-corrected chi connectivity index (χ0v) is 12.3. The lowest BCUT2D eigenvalue weighted by Crippen LogP contribution is -2.23. The molecule has 0 atom stereocenters. The third-order valence-corrected chi connectivity index (χ3v) is 2.65. The van der Waals surface area contributed by atoms with Crippen molar-refractivity contribution in [2.45, 2.75) is 40.2 Å². The van der Waals surface area contributed by atoms with Crippen molar-refractivity contribution in [3.05, 3.63) is 47.5 Å². The molecule has 2 aromatic rings. The molecule has 0 aliphatic carbocycles. The molecule has 1 aromatic heterocycles. The van der Waals surface area contributed by atoms with E-state index in [0.29, 0.717) is 5.88 Å². The average Bonchev–Trinajstić information content (AvgIpc) is 2.25. The molecule has 19 heavy (non-hydrogen) atoms. The van der Waals surface area contributed by atoms with E-state index in [9.17, 15) is 0 Å². The summed E-state index contributed by atoms with van der Waals surface area (Å²) < 4.78 is 5.81. The molecule has 0 spiro atoms. The predicted octanol–water partition coefficient (Wildman–Crippen LogP) is 4.54. The van der Waals surface area contributed by atoms with Crippen molar-refractivity contribution in [2.75, 3.05) is 0 Å². The molecular weight excluding hydrogens is 234 g/mol. The van der Waals surface area contributed by atoms with Gasteiger partial charge in [-0.1, -0.05) is 23.3 Å². The van der Waals surface area contributed by atoms with Crippen LogP contribution in [-0.2, 0) is 0 Å². The summed E-state index contributed by atoms with van der Waals surface area (Å²) >= 11 is 0. The summed E-state index contributed by atoms with van der Waals surface area (Å²) in [4.78, 5) is 4.59. The van der Waals surface area contributed by atoms with Gasteiger partial charge in [-0.2, -0.15) is 0 Å². The Balaban J connectivity index is 2.37. The number of hydrogen-bond donors (Lipinski definition) is 0. The van der Waals surface area contributed by atoms with Gasteiger partial charge in [-0.3, -0.25) is 0 Å². The summed E-state index contributed by atoms with van der Waals surface area (Å²) in [6.45, 7) is 10.3. The Kier molecular flexibility index (Phi) is 3.61. The molecule has 0 saturated carbocycles. The Morgan fingerprint density at radius 1 is 0.947 bits per heavy atom. The second-order valence-electron chi connectivity index (χ2n) is 5.95. The van der Waals surface area contributed by atoms with Crippen molar-refractivity contribution >= 4 is 0 Å². The Morgan fingerprint density at radius 2 is 1.58 bits per heavy atom. The van der Waals surface area contributed by atoms with Gasteiger partial charge >= 0.3 is 0 Å². The molecule has 0 radical (unpaired) electrons. The minimum atomic E-state index is -0.228. The highest BCUT2D eigenvalue weighted by atomic mass is 16.5. The van der Waals surface area contributed by atoms with Crippen molar-refractivity contribution in [3.8, 4) is 17.1 Å². The minimum absolute atomic E-state index is 0.228. The van der Waals surface area contributed by atoms with E-state index in [0.717, 1.165) is 11.3 Å². The first-order valence-electron chi connectivity index (χ1n) is 6.58. The van der Waals surface area contributed by atoms with Crippen LogP contribution >= 0.6 is 0 Å². The zero-order chi connectivity index (χ0) is 14.0. The molecule has 1 aromatic carbocycles. The van der Waals surface area contributed by atoms with Crippen LogP contribution in [0.1, 0.15) is 31.9 Å². The molecular formula is C17H21NO. The molecule has 0 bridgehead atoms. The van der Waals surface area contributed by atoms with E-state index in [-0.39, 0.29) is 5.60 Å². The van der Waals surface area contributed by atoms with E-state index in [4.69, 9.17) is 4.74 Å². The van der Waals surface area contributed by atoms with Crippen LogP contribution in [0.3, 0.4) is 0 Å². The van der Waals surface area contributed by atoms with Gasteiger partial charge in [-0.25, -0.2) is 4.98 Å². The molecule has 0 amide bonds. The zero-order valence-electron chi connectivity index (χ0n) is 12.3. The Bertz CT molecular complexity index is 562. The average molecular weight is 255 g/mol. The Morgan fingerprint density at radius 3 is 2.16 bits per heavy atom. The van der Waals surface area contributed by atoms with E-state index in [1.165, 1.54) is 11.1 Å². The van der Waals surface area contributed by atoms with Gasteiger partial charge < -0.3 is 4.74 Å². The van der Waals surface area contributed by atoms with Gasteiger partial charge in [0, 0.05) is 11.6 Å². The number of pyridine rings is 1. The standard InChI is InChI=1S/C17H21NO/c1-12-9-13(2)11-14(10-12)15-7-6-8-16(18-15)19-17(3,4)5/h6-11H,1-5H3. The van der Waals surface area contributed by atoms with Crippen LogP contribution in [0.5, 0.6) is 5.88 Å². The fraction of sp³-hybridized carbons (Fsp3) is 0.353. The SMILES string of the molecule is Cc1cc(C)cc(-c2cccc(OC(C)(C)C)n2)c1. The third-order valence-electron chi connectivity index (χ3n) is 2.65. The number of rotatable bonds is 2. The van der Waals surface area contributed by atoms with Crippen molar-refractivity contribution in [2.24, 2.45) is 0 Å². The minimum Gasteiger partial charge on any atom is -0.472 e. The fourth-order valence-corrected chi connectivity index (χ4v) is 2.07. The number of aryl methyl sites for hydroxylation is 2. The van der Waals surface area contributed by atoms with Crippen LogP contribution in [-0.4, -0.2) is 10.6 Å². The van der Waals surface area contributed by atoms with Crippen LogP contribution in [0.2, 0.25) is 0 Å². The third kappa shape index (κ3) is 3.82. The van der Waals surface area contributed by atoms with Gasteiger partial charge in [0.1, 0.15) is 5.60 Å². The number of ether oxygens (including phenoxy) is 1. The second-order valence-corrected chi connectivity index (χ2v) is 5.95. The molecule has 0 unspecified atom stereocenters. The van der Waals surface area contributed by atoms with E-state index in [1.807, 2.05) is 39.0 Å². The lowest BCUT2D eigenvalue weighted by Gasteiger charge is -2.20. The molecule has 100 valence electrons. The number of benzene rings is 1. The first-order valence-corrected chi connectivity index (χ1v) is 6.58. The summed E-state index contributed by atoms with van der Waals surface area (Å²) in [5, 5.41) is 0. The van der Waals surface area contributed by atoms with Crippen LogP contribution < -0.4 is 4.74 Å². The highest BCUT2D eigenvalue weighted by Gasteiger charge is 2.13. The predicted molar refractivity (Wildman–Crippen MR) is 79.5 cm³/mol.